The van der Waals surface area contributed by atoms with Crippen molar-refractivity contribution >= 4 is 27.0 Å². The van der Waals surface area contributed by atoms with E-state index in [4.69, 9.17) is 0 Å². The molecule has 0 atom stereocenters. The molecule has 1 aromatic heterocycles. The van der Waals surface area contributed by atoms with Gasteiger partial charge in [0, 0.05) is 12.7 Å². The van der Waals surface area contributed by atoms with E-state index in [0.717, 1.165) is 11.8 Å². The summed E-state index contributed by atoms with van der Waals surface area (Å²) in [6, 6.07) is 1.86. The number of carbonyl (C=O) groups is 1. The lowest BCUT2D eigenvalue weighted by molar-refractivity contribution is 0.0992. The van der Waals surface area contributed by atoms with Gasteiger partial charge in [0.1, 0.15) is 9.84 Å². The third-order valence-corrected chi connectivity index (χ3v) is 3.82. The number of carbonyl (C=O) groups excluding carboxylic acids is 1. The zero-order chi connectivity index (χ0) is 10.8. The predicted molar refractivity (Wildman–Crippen MR) is 57.7 cm³/mol. The van der Waals surface area contributed by atoms with Crippen molar-refractivity contribution in [3.05, 3.63) is 21.9 Å². The lowest BCUT2D eigenvalue weighted by atomic mass is 10.2. The van der Waals surface area contributed by atoms with Crippen LogP contribution in [0.4, 0.5) is 0 Å². The van der Waals surface area contributed by atoms with Crippen molar-refractivity contribution in [2.45, 2.75) is 13.3 Å². The van der Waals surface area contributed by atoms with Crippen LogP contribution in [0.3, 0.4) is 0 Å². The number of thiophene rings is 1. The van der Waals surface area contributed by atoms with Crippen LogP contribution in [0, 0.1) is 6.92 Å². The van der Waals surface area contributed by atoms with Gasteiger partial charge in [-0.15, -0.1) is 11.3 Å². The average Bonchev–Trinajstić information content (AvgIpc) is 2.46. The van der Waals surface area contributed by atoms with Crippen LogP contribution in [0.15, 0.2) is 11.4 Å². The van der Waals surface area contributed by atoms with Crippen LogP contribution in [0.25, 0.3) is 0 Å². The van der Waals surface area contributed by atoms with Crippen LogP contribution in [-0.2, 0) is 9.84 Å². The Balaban J connectivity index is 2.65. The Morgan fingerprint density at radius 2 is 2.14 bits per heavy atom. The zero-order valence-corrected chi connectivity index (χ0v) is 9.74. The van der Waals surface area contributed by atoms with Gasteiger partial charge in [-0.05, 0) is 23.9 Å². The summed E-state index contributed by atoms with van der Waals surface area (Å²) in [5, 5.41) is 1.84. The average molecular weight is 232 g/mol. The van der Waals surface area contributed by atoms with Gasteiger partial charge in [-0.25, -0.2) is 8.42 Å². The van der Waals surface area contributed by atoms with E-state index < -0.39 is 9.84 Å². The molecule has 3 nitrogen and oxygen atoms in total. The normalized spacial score (nSPS) is 11.6. The van der Waals surface area contributed by atoms with Crippen LogP contribution >= 0.6 is 11.3 Å². The second-order valence-electron chi connectivity index (χ2n) is 3.24. The number of hydrogen-bond donors (Lipinski definition) is 0. The van der Waals surface area contributed by atoms with Crippen molar-refractivity contribution in [2.75, 3.05) is 12.0 Å². The molecule has 0 saturated heterocycles. The van der Waals surface area contributed by atoms with Crippen LogP contribution in [0.5, 0.6) is 0 Å². The topological polar surface area (TPSA) is 51.2 Å². The summed E-state index contributed by atoms with van der Waals surface area (Å²) in [4.78, 5) is 12.2. The molecule has 0 spiro atoms. The van der Waals surface area contributed by atoms with E-state index in [1.54, 1.807) is 0 Å². The van der Waals surface area contributed by atoms with Crippen molar-refractivity contribution in [3.8, 4) is 0 Å². The molecule has 0 unspecified atom stereocenters. The molecule has 0 amide bonds. The molecule has 78 valence electrons. The molecular formula is C9H12O3S2. The molecule has 0 N–H and O–H groups in total. The Morgan fingerprint density at radius 3 is 2.57 bits per heavy atom. The summed E-state index contributed by atoms with van der Waals surface area (Å²) in [5.41, 5.74) is 0.925. The summed E-state index contributed by atoms with van der Waals surface area (Å²) >= 11 is 1.36. The predicted octanol–water partition coefficient (Wildman–Crippen LogP) is 1.67. The van der Waals surface area contributed by atoms with Crippen LogP contribution in [-0.4, -0.2) is 26.2 Å². The van der Waals surface area contributed by atoms with Crippen LogP contribution in [0.2, 0.25) is 0 Å². The van der Waals surface area contributed by atoms with Gasteiger partial charge < -0.3 is 0 Å². The van der Waals surface area contributed by atoms with Gasteiger partial charge in [0.2, 0.25) is 0 Å². The van der Waals surface area contributed by atoms with E-state index in [1.165, 1.54) is 11.3 Å². The van der Waals surface area contributed by atoms with E-state index >= 15 is 0 Å². The van der Waals surface area contributed by atoms with E-state index in [1.807, 2.05) is 18.4 Å². The molecule has 14 heavy (non-hydrogen) atoms. The van der Waals surface area contributed by atoms with Crippen molar-refractivity contribution in [2.24, 2.45) is 0 Å². The summed E-state index contributed by atoms with van der Waals surface area (Å²) in [6.07, 6.45) is 1.22. The van der Waals surface area contributed by atoms with E-state index in [0.29, 0.717) is 4.88 Å². The fraction of sp³-hybridized carbons (Fsp3) is 0.444. The second-order valence-corrected chi connectivity index (χ2v) is 6.41. The lowest BCUT2D eigenvalue weighted by Crippen LogP contribution is -2.09. The largest absolute Gasteiger partial charge is 0.293 e. The number of aryl methyl sites for hydroxylation is 1. The Kier molecular flexibility index (Phi) is 3.44. The highest BCUT2D eigenvalue weighted by Gasteiger charge is 2.13. The summed E-state index contributed by atoms with van der Waals surface area (Å²) in [5.74, 6) is -0.147. The van der Waals surface area contributed by atoms with E-state index in [9.17, 15) is 13.2 Å². The lowest BCUT2D eigenvalue weighted by Gasteiger charge is -1.98. The molecule has 5 heteroatoms. The minimum Gasteiger partial charge on any atom is -0.293 e. The summed E-state index contributed by atoms with van der Waals surface area (Å²) < 4.78 is 21.7. The number of ketones is 1. The van der Waals surface area contributed by atoms with Gasteiger partial charge in [0.15, 0.2) is 5.78 Å². The molecule has 0 radical (unpaired) electrons. The van der Waals surface area contributed by atoms with Gasteiger partial charge in [0.05, 0.1) is 10.6 Å². The van der Waals surface area contributed by atoms with Gasteiger partial charge in [-0.2, -0.15) is 0 Å². The van der Waals surface area contributed by atoms with Crippen LogP contribution < -0.4 is 0 Å². The number of hydrogen-bond acceptors (Lipinski definition) is 4. The second kappa shape index (κ2) is 4.23. The fourth-order valence-corrected chi connectivity index (χ4v) is 2.50. The molecule has 0 fully saturated rings. The third-order valence-electron chi connectivity index (χ3n) is 1.82. The van der Waals surface area contributed by atoms with E-state index in [-0.39, 0.29) is 18.0 Å². The fourth-order valence-electron chi connectivity index (χ4n) is 1.05. The third kappa shape index (κ3) is 3.23. The monoisotopic (exact) mass is 232 g/mol. The quantitative estimate of drug-likeness (QED) is 0.742. The summed E-state index contributed by atoms with van der Waals surface area (Å²) in [6.45, 7) is 1.85. The molecule has 0 aliphatic heterocycles. The number of Topliss-reactive ketones (excluding diaryl/α,β-unsaturated/α-hetero) is 1. The zero-order valence-electron chi connectivity index (χ0n) is 8.11. The molecule has 1 heterocycles. The number of rotatable bonds is 4. The minimum absolute atomic E-state index is 0.0663. The van der Waals surface area contributed by atoms with Gasteiger partial charge >= 0.3 is 0 Å². The van der Waals surface area contributed by atoms with E-state index in [2.05, 4.69) is 0 Å². The molecule has 1 rings (SSSR count). The first-order chi connectivity index (χ1) is 6.40. The van der Waals surface area contributed by atoms with Gasteiger partial charge in [-0.1, -0.05) is 0 Å². The first-order valence-corrected chi connectivity index (χ1v) is 7.09. The Bertz CT molecular complexity index is 429. The molecule has 0 bridgehead atoms. The molecule has 0 aromatic carbocycles. The van der Waals surface area contributed by atoms with Gasteiger partial charge in [-0.3, -0.25) is 4.79 Å². The molecule has 1 aromatic rings. The van der Waals surface area contributed by atoms with Crippen molar-refractivity contribution in [3.63, 3.8) is 0 Å². The number of sulfone groups is 1. The van der Waals surface area contributed by atoms with Crippen molar-refractivity contribution in [1.82, 2.24) is 0 Å². The first-order valence-electron chi connectivity index (χ1n) is 4.15. The maximum absolute atomic E-state index is 11.5. The molecule has 0 aliphatic rings. The highest BCUT2D eigenvalue weighted by molar-refractivity contribution is 7.90. The minimum atomic E-state index is -3.04. The molecule has 0 aliphatic carbocycles. The maximum Gasteiger partial charge on any atom is 0.174 e. The maximum atomic E-state index is 11.5. The Morgan fingerprint density at radius 1 is 1.50 bits per heavy atom. The van der Waals surface area contributed by atoms with Crippen LogP contribution in [0.1, 0.15) is 21.7 Å². The standard InChI is InChI=1S/C9H12O3S2/c1-7-3-5-13-9(7)8(10)4-6-14(2,11)12/h3,5H,4,6H2,1-2H3. The van der Waals surface area contributed by atoms with Gasteiger partial charge in [0.25, 0.3) is 0 Å². The Hall–Kier alpha value is -0.680. The molecular weight excluding hydrogens is 220 g/mol. The summed E-state index contributed by atoms with van der Waals surface area (Å²) in [7, 11) is -3.04. The van der Waals surface area contributed by atoms with Crippen molar-refractivity contribution in [1.29, 1.82) is 0 Å². The van der Waals surface area contributed by atoms with Crippen molar-refractivity contribution < 1.29 is 13.2 Å². The highest BCUT2D eigenvalue weighted by Crippen LogP contribution is 2.17. The smallest absolute Gasteiger partial charge is 0.174 e. The Labute approximate surface area is 87.7 Å². The SMILES string of the molecule is Cc1ccsc1C(=O)CCS(C)(=O)=O. The molecule has 0 saturated carbocycles. The highest BCUT2D eigenvalue weighted by atomic mass is 32.2. The first kappa shape index (κ1) is 11.4.